The molecule has 2 atom stereocenters. The Bertz CT molecular complexity index is 1300. The van der Waals surface area contributed by atoms with Crippen LogP contribution in [0.15, 0.2) is 48.5 Å². The minimum absolute atomic E-state index is 0.309. The molecule has 0 aliphatic rings. The normalized spacial score (nSPS) is 15.5. The summed E-state index contributed by atoms with van der Waals surface area (Å²) in [5.41, 5.74) is 1.41. The average Bonchev–Trinajstić information content (AvgIpc) is 3.70. The van der Waals surface area contributed by atoms with Gasteiger partial charge in [-0.3, -0.25) is 0 Å². The van der Waals surface area contributed by atoms with Crippen molar-refractivity contribution in [3.63, 3.8) is 0 Å². The third-order valence-electron chi connectivity index (χ3n) is 7.58. The molecule has 2 unspecified atom stereocenters. The fourth-order valence-electron chi connectivity index (χ4n) is 4.87. The minimum Gasteiger partial charge on any atom is -0.377 e. The van der Waals surface area contributed by atoms with Gasteiger partial charge in [-0.2, -0.15) is 0 Å². The van der Waals surface area contributed by atoms with Gasteiger partial charge in [-0.1, -0.05) is 59.7 Å². The summed E-state index contributed by atoms with van der Waals surface area (Å²) in [7, 11) is 11.4. The van der Waals surface area contributed by atoms with Gasteiger partial charge in [-0.25, -0.2) is 9.97 Å². The lowest BCUT2D eigenvalue weighted by Crippen LogP contribution is -2.48. The lowest BCUT2D eigenvalue weighted by molar-refractivity contribution is 0.117. The Labute approximate surface area is 286 Å². The van der Waals surface area contributed by atoms with Gasteiger partial charge in [0.25, 0.3) is 0 Å². The first kappa shape index (κ1) is 36.6. The zero-order valence-corrected chi connectivity index (χ0v) is 33.1. The molecule has 0 radical (unpaired) electrons. The maximum absolute atomic E-state index is 5.85. The van der Waals surface area contributed by atoms with Crippen molar-refractivity contribution < 1.29 is 26.6 Å². The average molecular weight is 749 g/mol. The van der Waals surface area contributed by atoms with Gasteiger partial charge in [0.2, 0.25) is 0 Å². The van der Waals surface area contributed by atoms with Gasteiger partial charge in [0.1, 0.15) is 10.0 Å². The summed E-state index contributed by atoms with van der Waals surface area (Å²) in [5, 5.41) is 2.13. The summed E-state index contributed by atoms with van der Waals surface area (Å²) in [6, 6.07) is 17.8. The van der Waals surface area contributed by atoms with Crippen LogP contribution in [-0.2, 0) is 37.4 Å². The van der Waals surface area contributed by atoms with Crippen molar-refractivity contribution in [1.82, 2.24) is 9.97 Å². The Kier molecular flexibility index (Phi) is 13.6. The number of hydrogen-bond acceptors (Lipinski definition) is 14. The van der Waals surface area contributed by atoms with Crippen LogP contribution in [0.1, 0.15) is 23.9 Å². The maximum atomic E-state index is 5.85. The quantitative estimate of drug-likeness (QED) is 0.0524. The smallest absolute Gasteiger partial charge is 0.377 e. The molecule has 0 aliphatic heterocycles. The lowest BCUT2D eigenvalue weighted by Gasteiger charge is -2.34. The summed E-state index contributed by atoms with van der Waals surface area (Å²) in [5.74, 6) is 1.64. The van der Waals surface area contributed by atoms with Gasteiger partial charge in [-0.05, 0) is 43.9 Å². The molecule has 8 nitrogen and oxygen atoms in total. The molecule has 2 heterocycles. The number of para-hydroxylation sites is 2. The van der Waals surface area contributed by atoms with Crippen LogP contribution in [0, 0.1) is 0 Å². The third kappa shape index (κ3) is 8.45. The predicted octanol–water partition coefficient (Wildman–Crippen LogP) is 8.56. The van der Waals surface area contributed by atoms with Gasteiger partial charge in [0, 0.05) is 77.1 Å². The zero-order valence-electron chi connectivity index (χ0n) is 26.2. The second kappa shape index (κ2) is 16.3. The Hall–Kier alpha value is -0.186. The van der Waals surface area contributed by atoms with Crippen LogP contribution in [0.2, 0.25) is 12.1 Å². The molecule has 2 aromatic carbocycles. The largest absolute Gasteiger partial charge is 0.501 e. The Morgan fingerprint density at radius 3 is 1.25 bits per heavy atom. The summed E-state index contributed by atoms with van der Waals surface area (Å²) < 4.78 is 37.5. The molecule has 0 saturated heterocycles. The molecule has 0 fully saturated rings. The van der Waals surface area contributed by atoms with E-state index in [9.17, 15) is 0 Å². The highest BCUT2D eigenvalue weighted by molar-refractivity contribution is 9.26. The van der Waals surface area contributed by atoms with Gasteiger partial charge in [0.15, 0.2) is 0 Å². The number of benzene rings is 2. The van der Waals surface area contributed by atoms with Crippen molar-refractivity contribution in [1.29, 1.82) is 0 Å². The molecule has 44 heavy (non-hydrogen) atoms. The topological polar surface area (TPSA) is 81.2 Å². The molecule has 0 spiro atoms. The van der Waals surface area contributed by atoms with Crippen LogP contribution in [0.25, 0.3) is 20.4 Å². The molecule has 2 aromatic heterocycles. The highest BCUT2D eigenvalue weighted by atomic mass is 33.7. The van der Waals surface area contributed by atoms with Crippen LogP contribution in [0.3, 0.4) is 0 Å². The fraction of sp³-hybridized carbons (Fsp3) is 0.500. The first-order chi connectivity index (χ1) is 21.1. The molecule has 0 N–H and O–H groups in total. The van der Waals surface area contributed by atoms with E-state index >= 15 is 0 Å². The molecule has 242 valence electrons. The maximum Gasteiger partial charge on any atom is 0.501 e. The van der Waals surface area contributed by atoms with Crippen LogP contribution >= 0.6 is 63.9 Å². The predicted molar refractivity (Wildman–Crippen MR) is 197 cm³/mol. The van der Waals surface area contributed by atoms with E-state index in [-0.39, 0.29) is 10.8 Å². The van der Waals surface area contributed by atoms with Crippen LogP contribution in [0.5, 0.6) is 0 Å². The number of nitrogens with zero attached hydrogens (tertiary/aromatic N) is 2. The van der Waals surface area contributed by atoms with Gasteiger partial charge < -0.3 is 26.6 Å². The first-order valence-electron chi connectivity index (χ1n) is 13.7. The van der Waals surface area contributed by atoms with Gasteiger partial charge in [-0.15, -0.1) is 22.7 Å². The summed E-state index contributed by atoms with van der Waals surface area (Å²) in [6.07, 6.45) is 0. The van der Waals surface area contributed by atoms with E-state index in [1.165, 1.54) is 9.40 Å². The van der Waals surface area contributed by atoms with Crippen molar-refractivity contribution in [2.75, 3.05) is 54.2 Å². The number of fused-ring (bicyclic) bond motifs is 2. The van der Waals surface area contributed by atoms with Crippen molar-refractivity contribution >= 4 is 102 Å². The van der Waals surface area contributed by atoms with Crippen molar-refractivity contribution in [3.8, 4) is 0 Å². The molecule has 0 bridgehead atoms. The Morgan fingerprint density at radius 1 is 0.591 bits per heavy atom. The van der Waals surface area contributed by atoms with E-state index in [4.69, 9.17) is 36.5 Å². The highest BCUT2D eigenvalue weighted by Crippen LogP contribution is 2.51. The summed E-state index contributed by atoms with van der Waals surface area (Å²) >= 11 is 3.46. The molecule has 0 amide bonds. The standard InChI is InChI=1S/C28H40N2O6S6Si2/c1-27(19-43(31-3,32-4)33-5,25-29-21-13-9-11-15-23(21)39-25)17-37-41-42-38-18-28(2,20-44(34-6,35-7)36-8)26-30-22-14-10-12-16-24(22)40-26/h9-16H,17-20H2,1-8H3. The summed E-state index contributed by atoms with van der Waals surface area (Å²) in [4.78, 5) is 10.1. The number of rotatable bonds is 19. The number of aromatic nitrogens is 2. The van der Waals surface area contributed by atoms with E-state index in [1.54, 1.807) is 85.0 Å². The molecular formula is C28H40N2O6S6Si2. The van der Waals surface area contributed by atoms with Crippen LogP contribution in [0.4, 0.5) is 0 Å². The Morgan fingerprint density at radius 2 is 0.932 bits per heavy atom. The second-order valence-corrected chi connectivity index (χ2v) is 24.7. The monoisotopic (exact) mass is 748 g/mol. The van der Waals surface area contributed by atoms with Crippen LogP contribution in [-0.4, -0.2) is 81.7 Å². The molecule has 4 rings (SSSR count). The zero-order chi connectivity index (χ0) is 31.8. The van der Waals surface area contributed by atoms with Crippen molar-refractivity contribution in [2.45, 2.75) is 36.8 Å². The molecule has 0 aliphatic carbocycles. The molecule has 4 aromatic rings. The van der Waals surface area contributed by atoms with E-state index in [0.717, 1.165) is 32.6 Å². The van der Waals surface area contributed by atoms with Crippen molar-refractivity contribution in [3.05, 3.63) is 58.5 Å². The fourth-order valence-corrected chi connectivity index (χ4v) is 19.2. The van der Waals surface area contributed by atoms with E-state index in [2.05, 4.69) is 50.2 Å². The number of hydrogen-bond donors (Lipinski definition) is 0. The highest BCUT2D eigenvalue weighted by Gasteiger charge is 2.49. The molecular weight excluding hydrogens is 709 g/mol. The summed E-state index contributed by atoms with van der Waals surface area (Å²) in [6.45, 7) is 4.48. The van der Waals surface area contributed by atoms with E-state index < -0.39 is 17.6 Å². The van der Waals surface area contributed by atoms with E-state index in [0.29, 0.717) is 12.1 Å². The first-order valence-corrected chi connectivity index (χ1v) is 24.4. The van der Waals surface area contributed by atoms with E-state index in [1.807, 2.05) is 33.7 Å². The van der Waals surface area contributed by atoms with Crippen LogP contribution < -0.4 is 0 Å². The third-order valence-corrected chi connectivity index (χ3v) is 23.4. The number of thiazole rings is 2. The minimum atomic E-state index is -2.88. The van der Waals surface area contributed by atoms with Crippen molar-refractivity contribution in [2.24, 2.45) is 0 Å². The van der Waals surface area contributed by atoms with Gasteiger partial charge >= 0.3 is 17.6 Å². The molecule has 16 heteroatoms. The van der Waals surface area contributed by atoms with Gasteiger partial charge in [0.05, 0.1) is 20.4 Å². The Balaban J connectivity index is 1.46. The second-order valence-electron chi connectivity index (χ2n) is 10.7. The SMILES string of the molecule is CO[Si](CC(C)(CSSSSCC(C)(C[Si](OC)(OC)OC)c1nc2ccccc2s1)c1nc2ccccc2s1)(OC)OC. The molecule has 0 saturated carbocycles. The lowest BCUT2D eigenvalue weighted by atomic mass is 9.97.